The van der Waals surface area contributed by atoms with Crippen LogP contribution in [0.3, 0.4) is 0 Å². The number of methoxy groups -OCH3 is 1. The van der Waals surface area contributed by atoms with E-state index in [0.717, 1.165) is 12.5 Å². The fourth-order valence-corrected chi connectivity index (χ4v) is 2.77. The first kappa shape index (κ1) is 16.9. The minimum absolute atomic E-state index is 0.352. The van der Waals surface area contributed by atoms with E-state index in [9.17, 15) is 0 Å². The predicted molar refractivity (Wildman–Crippen MR) is 77.5 cm³/mol. The van der Waals surface area contributed by atoms with Crippen LogP contribution in [0.2, 0.25) is 0 Å². The van der Waals surface area contributed by atoms with Crippen LogP contribution in [0.5, 0.6) is 0 Å². The van der Waals surface area contributed by atoms with E-state index in [1.54, 1.807) is 7.11 Å². The minimum atomic E-state index is 0.352. The monoisotopic (exact) mass is 273 g/mol. The Morgan fingerprint density at radius 2 is 1.84 bits per heavy atom. The molecule has 0 spiro atoms. The molecule has 114 valence electrons. The summed E-state index contributed by atoms with van der Waals surface area (Å²) in [7, 11) is 1.69. The van der Waals surface area contributed by atoms with Crippen LogP contribution in [0, 0.1) is 5.92 Å². The second kappa shape index (κ2) is 10.6. The lowest BCUT2D eigenvalue weighted by Crippen LogP contribution is -2.45. The number of likely N-dealkylation sites (N-methyl/N-ethyl adjacent to an activating group) is 1. The summed E-state index contributed by atoms with van der Waals surface area (Å²) in [5, 5.41) is 3.55. The van der Waals surface area contributed by atoms with Gasteiger partial charge >= 0.3 is 0 Å². The van der Waals surface area contributed by atoms with Gasteiger partial charge in [0.2, 0.25) is 0 Å². The van der Waals surface area contributed by atoms with Crippen molar-refractivity contribution in [2.75, 3.05) is 40.1 Å². The zero-order chi connectivity index (χ0) is 13.9. The summed E-state index contributed by atoms with van der Waals surface area (Å²) in [4.78, 5) is 0. The molecule has 4 nitrogen and oxygen atoms in total. The smallest absolute Gasteiger partial charge is 0.0731 e. The third-order valence-electron chi connectivity index (χ3n) is 3.94. The molecule has 0 saturated heterocycles. The van der Waals surface area contributed by atoms with Gasteiger partial charge in [-0.1, -0.05) is 20.3 Å². The minimum Gasteiger partial charge on any atom is -0.382 e. The van der Waals surface area contributed by atoms with E-state index < -0.39 is 0 Å². The number of rotatable bonds is 10. The second-order valence-electron chi connectivity index (χ2n) is 5.27. The molecular formula is C15H31NO3. The topological polar surface area (TPSA) is 39.7 Å². The van der Waals surface area contributed by atoms with Gasteiger partial charge in [-0.15, -0.1) is 0 Å². The Balaban J connectivity index is 2.21. The van der Waals surface area contributed by atoms with Crippen molar-refractivity contribution < 1.29 is 14.2 Å². The van der Waals surface area contributed by atoms with E-state index >= 15 is 0 Å². The largest absolute Gasteiger partial charge is 0.382 e. The zero-order valence-electron chi connectivity index (χ0n) is 12.8. The van der Waals surface area contributed by atoms with Gasteiger partial charge in [0.25, 0.3) is 0 Å². The Morgan fingerprint density at radius 3 is 2.53 bits per heavy atom. The zero-order valence-corrected chi connectivity index (χ0v) is 12.8. The highest BCUT2D eigenvalue weighted by Crippen LogP contribution is 2.28. The first-order chi connectivity index (χ1) is 9.31. The van der Waals surface area contributed by atoms with Crippen LogP contribution in [-0.4, -0.2) is 52.2 Å². The second-order valence-corrected chi connectivity index (χ2v) is 5.27. The Kier molecular flexibility index (Phi) is 9.43. The van der Waals surface area contributed by atoms with Crippen LogP contribution < -0.4 is 5.32 Å². The third-order valence-corrected chi connectivity index (χ3v) is 3.94. The molecule has 1 fully saturated rings. The standard InChI is InChI=1S/C15H31NO3/c1-4-13-6-7-14(16-5-2)15(12-13)19-11-10-18-9-8-17-3/h13-16H,4-12H2,1-3H3. The summed E-state index contributed by atoms with van der Waals surface area (Å²) in [6, 6.07) is 0.520. The molecular weight excluding hydrogens is 242 g/mol. The highest BCUT2D eigenvalue weighted by molar-refractivity contribution is 4.85. The molecule has 3 atom stereocenters. The van der Waals surface area contributed by atoms with Crippen LogP contribution in [0.25, 0.3) is 0 Å². The molecule has 4 heteroatoms. The van der Waals surface area contributed by atoms with E-state index in [4.69, 9.17) is 14.2 Å². The Labute approximate surface area is 118 Å². The van der Waals surface area contributed by atoms with Crippen LogP contribution in [0.4, 0.5) is 0 Å². The molecule has 0 amide bonds. The SMILES string of the molecule is CCNC1CCC(CC)CC1OCCOCCOC. The van der Waals surface area contributed by atoms with Crippen LogP contribution in [0.1, 0.15) is 39.5 Å². The number of nitrogens with one attached hydrogen (secondary N) is 1. The maximum absolute atomic E-state index is 6.03. The quantitative estimate of drug-likeness (QED) is 0.620. The lowest BCUT2D eigenvalue weighted by atomic mass is 9.82. The van der Waals surface area contributed by atoms with Gasteiger partial charge in [-0.2, -0.15) is 0 Å². The van der Waals surface area contributed by atoms with Crippen molar-refractivity contribution >= 4 is 0 Å². The lowest BCUT2D eigenvalue weighted by molar-refractivity contribution is -0.0408. The summed E-state index contributed by atoms with van der Waals surface area (Å²) < 4.78 is 16.4. The molecule has 3 unspecified atom stereocenters. The molecule has 0 aromatic heterocycles. The van der Waals surface area contributed by atoms with Crippen LogP contribution in [0.15, 0.2) is 0 Å². The van der Waals surface area contributed by atoms with Gasteiger partial charge in [-0.25, -0.2) is 0 Å². The Bertz CT molecular complexity index is 214. The summed E-state index contributed by atoms with van der Waals surface area (Å²) in [5.41, 5.74) is 0. The highest BCUT2D eigenvalue weighted by atomic mass is 16.5. The van der Waals surface area contributed by atoms with E-state index in [1.807, 2.05) is 0 Å². The highest BCUT2D eigenvalue weighted by Gasteiger charge is 2.29. The van der Waals surface area contributed by atoms with E-state index in [0.29, 0.717) is 38.6 Å². The van der Waals surface area contributed by atoms with Gasteiger partial charge in [-0.3, -0.25) is 0 Å². The molecule has 1 aliphatic carbocycles. The van der Waals surface area contributed by atoms with Crippen LogP contribution >= 0.6 is 0 Å². The van der Waals surface area contributed by atoms with Gasteiger partial charge in [-0.05, 0) is 31.7 Å². The van der Waals surface area contributed by atoms with E-state index in [2.05, 4.69) is 19.2 Å². The number of ether oxygens (including phenoxy) is 3. The molecule has 1 aliphatic rings. The molecule has 1 N–H and O–H groups in total. The molecule has 0 bridgehead atoms. The molecule has 0 heterocycles. The average molecular weight is 273 g/mol. The molecule has 0 radical (unpaired) electrons. The summed E-state index contributed by atoms with van der Waals surface area (Å²) in [6.07, 6.45) is 5.37. The fourth-order valence-electron chi connectivity index (χ4n) is 2.77. The van der Waals surface area contributed by atoms with Gasteiger partial charge in [0.1, 0.15) is 0 Å². The molecule has 0 aromatic rings. The van der Waals surface area contributed by atoms with Gasteiger partial charge in [0, 0.05) is 13.2 Å². The van der Waals surface area contributed by atoms with Gasteiger partial charge < -0.3 is 19.5 Å². The Morgan fingerprint density at radius 1 is 1.05 bits per heavy atom. The van der Waals surface area contributed by atoms with Crippen molar-refractivity contribution in [2.45, 2.75) is 51.7 Å². The first-order valence-corrected chi connectivity index (χ1v) is 7.73. The number of hydrogen-bond donors (Lipinski definition) is 1. The molecule has 0 aromatic carbocycles. The third kappa shape index (κ3) is 6.70. The normalized spacial score (nSPS) is 27.6. The Hall–Kier alpha value is -0.160. The first-order valence-electron chi connectivity index (χ1n) is 7.73. The van der Waals surface area contributed by atoms with Crippen molar-refractivity contribution in [3.8, 4) is 0 Å². The predicted octanol–water partition coefficient (Wildman–Crippen LogP) is 2.22. The van der Waals surface area contributed by atoms with Crippen molar-refractivity contribution in [1.29, 1.82) is 0 Å². The molecule has 19 heavy (non-hydrogen) atoms. The lowest BCUT2D eigenvalue weighted by Gasteiger charge is -2.36. The number of hydrogen-bond acceptors (Lipinski definition) is 4. The molecule has 1 rings (SSSR count). The summed E-state index contributed by atoms with van der Waals surface area (Å²) >= 11 is 0. The van der Waals surface area contributed by atoms with E-state index in [-0.39, 0.29) is 0 Å². The van der Waals surface area contributed by atoms with Crippen LogP contribution in [-0.2, 0) is 14.2 Å². The summed E-state index contributed by atoms with van der Waals surface area (Å²) in [6.45, 7) is 8.12. The van der Waals surface area contributed by atoms with Gasteiger partial charge in [0.15, 0.2) is 0 Å². The fraction of sp³-hybridized carbons (Fsp3) is 1.00. The van der Waals surface area contributed by atoms with Crippen molar-refractivity contribution in [3.05, 3.63) is 0 Å². The van der Waals surface area contributed by atoms with E-state index in [1.165, 1.54) is 25.7 Å². The van der Waals surface area contributed by atoms with Crippen molar-refractivity contribution in [3.63, 3.8) is 0 Å². The molecule has 0 aliphatic heterocycles. The van der Waals surface area contributed by atoms with Crippen molar-refractivity contribution in [1.82, 2.24) is 5.32 Å². The average Bonchev–Trinajstić information content (AvgIpc) is 2.44. The maximum Gasteiger partial charge on any atom is 0.0731 e. The van der Waals surface area contributed by atoms with Crippen molar-refractivity contribution in [2.24, 2.45) is 5.92 Å². The maximum atomic E-state index is 6.03. The summed E-state index contributed by atoms with van der Waals surface area (Å²) in [5.74, 6) is 0.828. The molecule has 1 saturated carbocycles. The van der Waals surface area contributed by atoms with Gasteiger partial charge in [0.05, 0.1) is 32.5 Å².